The molecule has 0 unspecified atom stereocenters. The van der Waals surface area contributed by atoms with Crippen LogP contribution in [0.1, 0.15) is 31.2 Å². The molecule has 11 heteroatoms. The van der Waals surface area contributed by atoms with E-state index in [1.165, 1.54) is 29.3 Å². The van der Waals surface area contributed by atoms with Gasteiger partial charge in [-0.2, -0.15) is 0 Å². The van der Waals surface area contributed by atoms with E-state index >= 15 is 0 Å². The van der Waals surface area contributed by atoms with Crippen LogP contribution in [0, 0.1) is 6.92 Å². The molecule has 0 aliphatic heterocycles. The summed E-state index contributed by atoms with van der Waals surface area (Å²) in [5.41, 5.74) is 6.02. The van der Waals surface area contributed by atoms with Crippen LogP contribution in [-0.2, 0) is 6.54 Å². The van der Waals surface area contributed by atoms with E-state index in [1.807, 2.05) is 73.9 Å². The number of benzene rings is 2. The Bertz CT molecular complexity index is 1950. The van der Waals surface area contributed by atoms with Crippen molar-refractivity contribution < 1.29 is 9.59 Å². The first-order chi connectivity index (χ1) is 21.9. The molecule has 0 fully saturated rings. The first-order valence-corrected chi connectivity index (χ1v) is 15.8. The molecule has 0 atom stereocenters. The minimum atomic E-state index is -0.357. The number of anilines is 4. The molecule has 0 aliphatic rings. The van der Waals surface area contributed by atoms with E-state index in [4.69, 9.17) is 4.98 Å². The lowest BCUT2D eigenvalue weighted by atomic mass is 10.1. The summed E-state index contributed by atoms with van der Waals surface area (Å²) < 4.78 is 0. The molecule has 6 aromatic rings. The number of rotatable bonds is 10. The van der Waals surface area contributed by atoms with Gasteiger partial charge in [0.1, 0.15) is 0 Å². The molecule has 0 radical (unpaired) electrons. The smallest absolute Gasteiger partial charge is 0.265 e. The largest absolute Gasteiger partial charge is 0.324 e. The highest BCUT2D eigenvalue weighted by Gasteiger charge is 2.14. The van der Waals surface area contributed by atoms with Crippen molar-refractivity contribution in [2.24, 2.45) is 0 Å². The molecular weight excluding hydrogens is 603 g/mol. The van der Waals surface area contributed by atoms with Crippen molar-refractivity contribution in [1.82, 2.24) is 20.3 Å². The zero-order chi connectivity index (χ0) is 31.2. The number of amides is 2. The van der Waals surface area contributed by atoms with E-state index in [0.29, 0.717) is 27.8 Å². The van der Waals surface area contributed by atoms with Crippen LogP contribution < -0.4 is 21.3 Å². The Hall–Kier alpha value is -5.23. The Morgan fingerprint density at radius 2 is 1.69 bits per heavy atom. The fraction of sp³-hybridized carbons (Fsp3) is 0.0882. The third-order valence-corrected chi connectivity index (χ3v) is 9.03. The maximum Gasteiger partial charge on any atom is 0.265 e. The van der Waals surface area contributed by atoms with Crippen molar-refractivity contribution in [1.29, 1.82) is 0 Å². The van der Waals surface area contributed by atoms with E-state index in [1.54, 1.807) is 29.7 Å². The molecule has 0 aliphatic carbocycles. The highest BCUT2D eigenvalue weighted by molar-refractivity contribution is 7.22. The maximum atomic E-state index is 13.2. The number of carbonyl (C=O) groups excluding carboxylic acids is 2. The maximum absolute atomic E-state index is 13.2. The van der Waals surface area contributed by atoms with Crippen LogP contribution in [0.5, 0.6) is 0 Å². The predicted molar refractivity (Wildman–Crippen MR) is 182 cm³/mol. The second-order valence-corrected chi connectivity index (χ2v) is 12.2. The molecule has 224 valence electrons. The minimum Gasteiger partial charge on any atom is -0.324 e. The van der Waals surface area contributed by atoms with E-state index in [2.05, 4.69) is 43.4 Å². The van der Waals surface area contributed by atoms with Crippen molar-refractivity contribution in [2.45, 2.75) is 13.5 Å². The number of aromatic nitrogens is 3. The van der Waals surface area contributed by atoms with Crippen LogP contribution >= 0.6 is 22.7 Å². The molecule has 4 heterocycles. The number of carbonyl (C=O) groups is 2. The molecule has 0 spiro atoms. The highest BCUT2D eigenvalue weighted by Crippen LogP contribution is 2.32. The molecular formula is C34H29N7O2S2. The fourth-order valence-corrected chi connectivity index (χ4v) is 6.31. The molecule has 0 bridgehead atoms. The van der Waals surface area contributed by atoms with Crippen molar-refractivity contribution in [3.63, 3.8) is 0 Å². The summed E-state index contributed by atoms with van der Waals surface area (Å²) in [6.45, 7) is 2.76. The van der Waals surface area contributed by atoms with Crippen molar-refractivity contribution in [3.05, 3.63) is 124 Å². The van der Waals surface area contributed by atoms with Gasteiger partial charge in [0.05, 0.1) is 28.0 Å². The van der Waals surface area contributed by atoms with Crippen LogP contribution in [-0.4, -0.2) is 33.8 Å². The number of hydrogen-bond donors (Lipinski definition) is 4. The fourth-order valence-electron chi connectivity index (χ4n) is 4.57. The normalized spacial score (nSPS) is 10.8. The minimum absolute atomic E-state index is 0.256. The summed E-state index contributed by atoms with van der Waals surface area (Å²) in [5.74, 6) is -0.169. The Kier molecular flexibility index (Phi) is 9.01. The van der Waals surface area contributed by atoms with Gasteiger partial charge >= 0.3 is 0 Å². The van der Waals surface area contributed by atoms with Crippen molar-refractivity contribution in [3.8, 4) is 21.0 Å². The van der Waals surface area contributed by atoms with E-state index in [0.717, 1.165) is 38.8 Å². The van der Waals surface area contributed by atoms with Gasteiger partial charge in [0.15, 0.2) is 0 Å². The van der Waals surface area contributed by atoms with E-state index in [-0.39, 0.29) is 11.8 Å². The van der Waals surface area contributed by atoms with Crippen LogP contribution in [0.4, 0.5) is 23.0 Å². The second-order valence-electron chi connectivity index (χ2n) is 10.2. The standard InChI is InChI=1S/C34H29N7O2S2/c1-21-5-10-25(17-28(21)41-34-37-14-13-27(40-34)23-8-6-22(7-9-23)18-35-2)38-32(42)24-16-26(20-36-19-24)39-33(43)31-12-11-30(45-31)29-4-3-15-44-29/h3-17,19-20,35H,18H2,1-2H3,(H,38,42)(H,39,43)(H,37,40,41). The quantitative estimate of drug-likeness (QED) is 0.123. The molecule has 6 rings (SSSR count). The lowest BCUT2D eigenvalue weighted by Gasteiger charge is -2.12. The number of thiophene rings is 2. The van der Waals surface area contributed by atoms with Gasteiger partial charge in [0.2, 0.25) is 5.95 Å². The second kappa shape index (κ2) is 13.6. The van der Waals surface area contributed by atoms with Crippen molar-refractivity contribution in [2.75, 3.05) is 23.0 Å². The Labute approximate surface area is 268 Å². The molecule has 0 saturated carbocycles. The summed E-state index contributed by atoms with van der Waals surface area (Å²) in [4.78, 5) is 42.0. The van der Waals surface area contributed by atoms with Crippen LogP contribution in [0.25, 0.3) is 21.0 Å². The number of nitrogens with one attached hydrogen (secondary N) is 4. The van der Waals surface area contributed by atoms with Gasteiger partial charge in [0.25, 0.3) is 11.8 Å². The predicted octanol–water partition coefficient (Wildman–Crippen LogP) is 7.60. The monoisotopic (exact) mass is 631 g/mol. The third-order valence-electron chi connectivity index (χ3n) is 6.88. The lowest BCUT2D eigenvalue weighted by molar-refractivity contribution is 0.101. The average molecular weight is 632 g/mol. The average Bonchev–Trinajstić information content (AvgIpc) is 3.77. The molecule has 2 amide bonds. The van der Waals surface area contributed by atoms with Crippen LogP contribution in [0.15, 0.2) is 103 Å². The molecule has 2 aromatic carbocycles. The molecule has 45 heavy (non-hydrogen) atoms. The number of hydrogen-bond acceptors (Lipinski definition) is 9. The van der Waals surface area contributed by atoms with Gasteiger partial charge in [0, 0.05) is 45.6 Å². The number of nitrogens with zero attached hydrogens (tertiary/aromatic N) is 3. The third kappa shape index (κ3) is 7.29. The molecule has 9 nitrogen and oxygen atoms in total. The Morgan fingerprint density at radius 1 is 0.844 bits per heavy atom. The van der Waals surface area contributed by atoms with Gasteiger partial charge in [-0.15, -0.1) is 22.7 Å². The first-order valence-electron chi connectivity index (χ1n) is 14.1. The molecule has 4 N–H and O–H groups in total. The van der Waals surface area contributed by atoms with E-state index < -0.39 is 0 Å². The summed E-state index contributed by atoms with van der Waals surface area (Å²) in [6, 6.07) is 25.0. The van der Waals surface area contributed by atoms with Gasteiger partial charge in [-0.3, -0.25) is 14.6 Å². The summed E-state index contributed by atoms with van der Waals surface area (Å²) in [6.07, 6.45) is 4.69. The van der Waals surface area contributed by atoms with Gasteiger partial charge in [-0.1, -0.05) is 36.4 Å². The molecule has 4 aromatic heterocycles. The summed E-state index contributed by atoms with van der Waals surface area (Å²) in [7, 11) is 1.92. The van der Waals surface area contributed by atoms with Gasteiger partial charge < -0.3 is 21.3 Å². The highest BCUT2D eigenvalue weighted by atomic mass is 32.1. The van der Waals surface area contributed by atoms with Crippen molar-refractivity contribution >= 4 is 57.5 Å². The van der Waals surface area contributed by atoms with Crippen LogP contribution in [0.3, 0.4) is 0 Å². The topological polar surface area (TPSA) is 121 Å². The zero-order valence-corrected chi connectivity index (χ0v) is 26.1. The summed E-state index contributed by atoms with van der Waals surface area (Å²) in [5, 5.41) is 14.2. The summed E-state index contributed by atoms with van der Waals surface area (Å²) >= 11 is 3.04. The Morgan fingerprint density at radius 3 is 2.49 bits per heavy atom. The molecule has 0 saturated heterocycles. The van der Waals surface area contributed by atoms with Gasteiger partial charge in [-0.25, -0.2) is 9.97 Å². The Balaban J connectivity index is 1.12. The zero-order valence-electron chi connectivity index (χ0n) is 24.5. The van der Waals surface area contributed by atoms with Gasteiger partial charge in [-0.05, 0) is 72.9 Å². The first kappa shape index (κ1) is 29.8. The SMILES string of the molecule is CNCc1ccc(-c2ccnc(Nc3cc(NC(=O)c4cncc(NC(=O)c5ccc(-c6cccs6)s5)c4)ccc3C)n2)cc1. The number of pyridine rings is 1. The number of aryl methyl sites for hydroxylation is 1. The van der Waals surface area contributed by atoms with Crippen LogP contribution in [0.2, 0.25) is 0 Å². The van der Waals surface area contributed by atoms with E-state index in [9.17, 15) is 9.59 Å². The lowest BCUT2D eigenvalue weighted by Crippen LogP contribution is -2.15.